The number of nitrogens with two attached hydrogens (primary N) is 1. The zero-order chi connectivity index (χ0) is 18.5. The number of amides is 1. The van der Waals surface area contributed by atoms with Crippen molar-refractivity contribution in [2.75, 3.05) is 11.9 Å². The molecule has 1 aliphatic heterocycles. The summed E-state index contributed by atoms with van der Waals surface area (Å²) in [7, 11) is 1.06. The lowest BCUT2D eigenvalue weighted by Crippen LogP contribution is -2.56. The van der Waals surface area contributed by atoms with Gasteiger partial charge in [0.15, 0.2) is 6.23 Å². The summed E-state index contributed by atoms with van der Waals surface area (Å²) < 4.78 is 43.5. The van der Waals surface area contributed by atoms with E-state index in [1.165, 1.54) is 12.1 Å². The second-order valence-corrected chi connectivity index (χ2v) is 6.21. The van der Waals surface area contributed by atoms with Crippen molar-refractivity contribution in [3.8, 4) is 0 Å². The van der Waals surface area contributed by atoms with Gasteiger partial charge >= 0.3 is 6.18 Å². The Bertz CT molecular complexity index is 867. The maximum absolute atomic E-state index is 13.0. The van der Waals surface area contributed by atoms with Crippen molar-refractivity contribution in [3.63, 3.8) is 0 Å². The fraction of sp³-hybridized carbons (Fsp3) is 0.286. The fourth-order valence-electron chi connectivity index (χ4n) is 2.63. The minimum atomic E-state index is -4.72. The van der Waals surface area contributed by atoms with Crippen LogP contribution in [0.2, 0.25) is 0 Å². The molecule has 0 fully saturated rings. The molecule has 1 aliphatic rings. The molecule has 0 saturated heterocycles. The zero-order valence-corrected chi connectivity index (χ0v) is 13.5. The van der Waals surface area contributed by atoms with E-state index in [0.29, 0.717) is 21.1 Å². The number of primary amides is 1. The van der Waals surface area contributed by atoms with Crippen molar-refractivity contribution in [1.29, 1.82) is 0 Å². The number of fused-ring (bicyclic) bond motifs is 1. The maximum Gasteiger partial charge on any atom is 0.431 e. The summed E-state index contributed by atoms with van der Waals surface area (Å²) >= 11 is 1.04. The molecule has 2 atom stereocenters. The zero-order valence-electron chi connectivity index (χ0n) is 12.7. The molecule has 2 aromatic rings. The smallest absolute Gasteiger partial charge is 0.370 e. The fourth-order valence-corrected chi connectivity index (χ4v) is 3.39. The Morgan fingerprint density at radius 1 is 1.36 bits per heavy atom. The minimum absolute atomic E-state index is 0.0164. The number of allylic oxidation sites excluding steroid dienone is 1. The normalized spacial score (nSPS) is 21.6. The van der Waals surface area contributed by atoms with E-state index in [0.717, 1.165) is 23.5 Å². The predicted molar refractivity (Wildman–Crippen MR) is 84.5 cm³/mol. The van der Waals surface area contributed by atoms with Crippen molar-refractivity contribution in [2.45, 2.75) is 18.8 Å². The van der Waals surface area contributed by atoms with Gasteiger partial charge in [0.1, 0.15) is 11.4 Å². The summed E-state index contributed by atoms with van der Waals surface area (Å²) in [5.74, 6) is -0.750. The third-order valence-electron chi connectivity index (χ3n) is 3.84. The predicted octanol–water partition coefficient (Wildman–Crippen LogP) is 1.19. The summed E-state index contributed by atoms with van der Waals surface area (Å²) in [6.07, 6.45) is -7.61. The second-order valence-electron chi connectivity index (χ2n) is 5.40. The van der Waals surface area contributed by atoms with Crippen LogP contribution in [0.1, 0.15) is 10.5 Å². The number of aromatic nitrogens is 1. The molecule has 0 aliphatic carbocycles. The van der Waals surface area contributed by atoms with E-state index in [2.05, 4.69) is 4.37 Å². The Labute approximate surface area is 143 Å². The average Bonchev–Trinajstić information content (AvgIpc) is 2.93. The van der Waals surface area contributed by atoms with Crippen molar-refractivity contribution < 1.29 is 28.2 Å². The van der Waals surface area contributed by atoms with Gasteiger partial charge in [-0.3, -0.25) is 9.69 Å². The van der Waals surface area contributed by atoms with Gasteiger partial charge in [-0.25, -0.2) is 0 Å². The van der Waals surface area contributed by atoms with E-state index in [1.807, 2.05) is 0 Å². The topological polar surface area (TPSA) is 103 Å². The van der Waals surface area contributed by atoms with Crippen LogP contribution in [0.3, 0.4) is 0 Å². The first kappa shape index (κ1) is 17.5. The van der Waals surface area contributed by atoms with E-state index in [1.54, 1.807) is 6.07 Å². The SMILES string of the molecule is CN1C(C(F)(F)F)=CC(O)N(c2ccc3snc(C(N)=O)c3c2)C1O. The molecule has 11 heteroatoms. The van der Waals surface area contributed by atoms with Gasteiger partial charge in [-0.1, -0.05) is 0 Å². The van der Waals surface area contributed by atoms with Gasteiger partial charge in [-0.05, 0) is 35.8 Å². The summed E-state index contributed by atoms with van der Waals surface area (Å²) in [6.45, 7) is 0. The van der Waals surface area contributed by atoms with E-state index < -0.39 is 30.4 Å². The van der Waals surface area contributed by atoms with Crippen LogP contribution in [0.15, 0.2) is 30.0 Å². The van der Waals surface area contributed by atoms with Gasteiger partial charge < -0.3 is 20.8 Å². The Kier molecular flexibility index (Phi) is 4.09. The minimum Gasteiger partial charge on any atom is -0.370 e. The van der Waals surface area contributed by atoms with Crippen molar-refractivity contribution in [1.82, 2.24) is 9.27 Å². The standard InChI is InChI=1S/C14H13F3N4O3S/c1-20-9(14(15,16)17)5-10(22)21(13(20)24)6-2-3-8-7(4-6)11(12(18)23)19-25-8/h2-5,10,13,22,24H,1H3,(H2,18,23). The Morgan fingerprint density at radius 2 is 2.04 bits per heavy atom. The molecule has 7 nitrogen and oxygen atoms in total. The van der Waals surface area contributed by atoms with Crippen molar-refractivity contribution >= 4 is 33.2 Å². The quantitative estimate of drug-likeness (QED) is 0.730. The number of alkyl halides is 3. The summed E-state index contributed by atoms with van der Waals surface area (Å²) in [5, 5.41) is 20.7. The molecule has 1 aromatic heterocycles. The van der Waals surface area contributed by atoms with E-state index in [-0.39, 0.29) is 11.4 Å². The molecule has 1 amide bonds. The van der Waals surface area contributed by atoms with E-state index >= 15 is 0 Å². The van der Waals surface area contributed by atoms with Crippen molar-refractivity contribution in [2.24, 2.45) is 5.73 Å². The van der Waals surface area contributed by atoms with Crippen LogP contribution < -0.4 is 10.6 Å². The number of nitrogens with zero attached hydrogens (tertiary/aromatic N) is 3. The number of aliphatic hydroxyl groups is 2. The number of anilines is 1. The van der Waals surface area contributed by atoms with Crippen LogP contribution in [-0.2, 0) is 0 Å². The monoisotopic (exact) mass is 374 g/mol. The number of benzene rings is 1. The third kappa shape index (κ3) is 2.90. The van der Waals surface area contributed by atoms with Gasteiger partial charge in [-0.2, -0.15) is 17.5 Å². The third-order valence-corrected chi connectivity index (χ3v) is 4.67. The first-order chi connectivity index (χ1) is 11.6. The molecule has 3 rings (SSSR count). The van der Waals surface area contributed by atoms with Gasteiger partial charge in [0.2, 0.25) is 6.35 Å². The number of carbonyl (C=O) groups is 1. The summed E-state index contributed by atoms with van der Waals surface area (Å²) in [6, 6.07) is 4.51. The number of carbonyl (C=O) groups excluding carboxylic acids is 1. The molecule has 0 spiro atoms. The maximum atomic E-state index is 13.0. The van der Waals surface area contributed by atoms with Crippen molar-refractivity contribution in [3.05, 3.63) is 35.7 Å². The lowest BCUT2D eigenvalue weighted by Gasteiger charge is -2.43. The van der Waals surface area contributed by atoms with E-state index in [9.17, 15) is 28.2 Å². The van der Waals surface area contributed by atoms with Crippen LogP contribution in [0, 0.1) is 0 Å². The highest BCUT2D eigenvalue weighted by Crippen LogP contribution is 2.36. The van der Waals surface area contributed by atoms with Crippen LogP contribution in [0.4, 0.5) is 18.9 Å². The second kappa shape index (κ2) is 5.86. The van der Waals surface area contributed by atoms with Crippen LogP contribution in [0.5, 0.6) is 0 Å². The molecule has 2 heterocycles. The Balaban J connectivity index is 2.07. The highest BCUT2D eigenvalue weighted by Gasteiger charge is 2.44. The number of hydrogen-bond acceptors (Lipinski definition) is 7. The molecule has 134 valence electrons. The highest BCUT2D eigenvalue weighted by molar-refractivity contribution is 7.13. The van der Waals surface area contributed by atoms with E-state index in [4.69, 9.17) is 5.73 Å². The molecule has 0 bridgehead atoms. The number of hydrogen-bond donors (Lipinski definition) is 3. The number of rotatable bonds is 2. The molecular formula is C14H13F3N4O3S. The lowest BCUT2D eigenvalue weighted by atomic mass is 10.1. The molecule has 0 saturated carbocycles. The molecule has 2 unspecified atom stereocenters. The first-order valence-corrected chi connectivity index (χ1v) is 7.74. The molecule has 0 radical (unpaired) electrons. The van der Waals surface area contributed by atoms with Crippen LogP contribution in [-0.4, -0.2) is 51.2 Å². The molecule has 4 N–H and O–H groups in total. The van der Waals surface area contributed by atoms with Gasteiger partial charge in [-0.15, -0.1) is 0 Å². The first-order valence-electron chi connectivity index (χ1n) is 6.97. The Hall–Kier alpha value is -2.37. The summed E-state index contributed by atoms with van der Waals surface area (Å²) in [4.78, 5) is 13.0. The van der Waals surface area contributed by atoms with Gasteiger partial charge in [0.25, 0.3) is 5.91 Å². The van der Waals surface area contributed by atoms with Gasteiger partial charge in [0, 0.05) is 18.1 Å². The van der Waals surface area contributed by atoms with Crippen LogP contribution >= 0.6 is 11.5 Å². The Morgan fingerprint density at radius 3 is 2.64 bits per heavy atom. The average molecular weight is 374 g/mol. The van der Waals surface area contributed by atoms with Crippen LogP contribution in [0.25, 0.3) is 10.1 Å². The lowest BCUT2D eigenvalue weighted by molar-refractivity contribution is -0.133. The van der Waals surface area contributed by atoms with Gasteiger partial charge in [0.05, 0.1) is 4.70 Å². The summed E-state index contributed by atoms with van der Waals surface area (Å²) in [5.41, 5.74) is 4.32. The molecule has 25 heavy (non-hydrogen) atoms. The number of aliphatic hydroxyl groups excluding tert-OH is 2. The molecule has 1 aromatic carbocycles. The molecular weight excluding hydrogens is 361 g/mol. The largest absolute Gasteiger partial charge is 0.431 e. The highest BCUT2D eigenvalue weighted by atomic mass is 32.1. The number of halogens is 3.